The molecule has 0 radical (unpaired) electrons. The van der Waals surface area contributed by atoms with Crippen molar-refractivity contribution in [3.05, 3.63) is 96.5 Å². The summed E-state index contributed by atoms with van der Waals surface area (Å²) in [4.78, 5) is 0. The summed E-state index contributed by atoms with van der Waals surface area (Å²) in [7, 11) is 0. The van der Waals surface area contributed by atoms with Crippen LogP contribution < -0.4 is 9.47 Å². The Bertz CT molecular complexity index is 1050. The molecule has 2 unspecified atom stereocenters. The maximum atomic E-state index is 5.72. The summed E-state index contributed by atoms with van der Waals surface area (Å²) in [5.74, 6) is 2.40. The summed E-state index contributed by atoms with van der Waals surface area (Å²) in [5, 5.41) is 0. The Kier molecular flexibility index (Phi) is 11.4. The van der Waals surface area contributed by atoms with E-state index in [1.807, 2.05) is 78.9 Å². The predicted molar refractivity (Wildman–Crippen MR) is 150 cm³/mol. The van der Waals surface area contributed by atoms with Gasteiger partial charge in [0.05, 0.1) is 32.7 Å². The summed E-state index contributed by atoms with van der Waals surface area (Å²) in [6.45, 7) is 8.22. The van der Waals surface area contributed by atoms with Crippen LogP contribution in [0.3, 0.4) is 0 Å². The molecule has 4 rings (SSSR count). The molecular weight excluding hydrogens is 480 g/mol. The maximum Gasteiger partial charge on any atom is 0.119 e. The van der Waals surface area contributed by atoms with Crippen molar-refractivity contribution in [1.82, 2.24) is 0 Å². The molecule has 2 aromatic carbocycles. The van der Waals surface area contributed by atoms with Crippen molar-refractivity contribution in [2.75, 3.05) is 39.6 Å². The fourth-order valence-electron chi connectivity index (χ4n) is 3.47. The first kappa shape index (κ1) is 27.6. The lowest BCUT2D eigenvalue weighted by atomic mass is 10.2. The Morgan fingerprint density at radius 3 is 1.87 bits per heavy atom. The number of ether oxygens (including phenoxy) is 6. The maximum absolute atomic E-state index is 5.72. The van der Waals surface area contributed by atoms with Crippen LogP contribution in [0.5, 0.6) is 11.5 Å². The molecule has 0 aliphatic carbocycles. The molecule has 2 saturated heterocycles. The Morgan fingerprint density at radius 1 is 0.737 bits per heavy atom. The minimum absolute atomic E-state index is 0.267. The molecule has 6 nitrogen and oxygen atoms in total. The van der Waals surface area contributed by atoms with E-state index >= 15 is 0 Å². The number of hydrogen-bond donors (Lipinski definition) is 0. The summed E-state index contributed by atoms with van der Waals surface area (Å²) in [6, 6.07) is 16.0. The second kappa shape index (κ2) is 15.7. The Morgan fingerprint density at radius 2 is 1.29 bits per heavy atom. The standard InChI is InChI=1S/C32H38O6/c1-26(9-10-28-13-17-30(18-14-28)36-23-32-25-38-32)34-21-6-3-2-5-19-33-20-7-4-8-27-11-15-29(16-12-27)35-22-31-24-37-31/h4,7-18,20,31-32H,1-3,5-6,19,21-25H2/b8-4-,10-9-,20-7?. The zero-order valence-electron chi connectivity index (χ0n) is 22.0. The molecule has 0 N–H and O–H groups in total. The molecule has 2 atom stereocenters. The SMILES string of the molecule is C=C(/C=C\c1ccc(OCC2CO2)cc1)OCCCCCCOC=C/C=C\c1ccc(OCC2CO2)cc1. The van der Waals surface area contributed by atoms with Gasteiger partial charge in [-0.05, 0) is 73.2 Å². The molecule has 202 valence electrons. The van der Waals surface area contributed by atoms with E-state index in [9.17, 15) is 0 Å². The van der Waals surface area contributed by atoms with Gasteiger partial charge in [-0.3, -0.25) is 0 Å². The molecule has 2 aliphatic rings. The molecule has 2 aliphatic heterocycles. The summed E-state index contributed by atoms with van der Waals surface area (Å²) in [6.07, 6.45) is 16.3. The molecule has 38 heavy (non-hydrogen) atoms. The van der Waals surface area contributed by atoms with Gasteiger partial charge >= 0.3 is 0 Å². The highest BCUT2D eigenvalue weighted by Crippen LogP contribution is 2.18. The second-order valence-electron chi connectivity index (χ2n) is 9.29. The minimum Gasteiger partial charge on any atom is -0.501 e. The lowest BCUT2D eigenvalue weighted by Gasteiger charge is -2.06. The van der Waals surface area contributed by atoms with E-state index in [2.05, 4.69) is 6.58 Å². The number of benzene rings is 2. The third-order valence-corrected chi connectivity index (χ3v) is 5.92. The van der Waals surface area contributed by atoms with Crippen LogP contribution in [0.2, 0.25) is 0 Å². The largest absolute Gasteiger partial charge is 0.501 e. The first-order chi connectivity index (χ1) is 18.7. The monoisotopic (exact) mass is 518 g/mol. The third kappa shape index (κ3) is 11.7. The van der Waals surface area contributed by atoms with Gasteiger partial charge in [0.1, 0.15) is 42.7 Å². The first-order valence-corrected chi connectivity index (χ1v) is 13.4. The van der Waals surface area contributed by atoms with Crippen LogP contribution in [0.4, 0.5) is 0 Å². The van der Waals surface area contributed by atoms with Crippen LogP contribution in [0, 0.1) is 0 Å². The highest BCUT2D eigenvalue weighted by Gasteiger charge is 2.23. The van der Waals surface area contributed by atoms with Gasteiger partial charge in [-0.2, -0.15) is 0 Å². The Labute approximate surface area is 226 Å². The van der Waals surface area contributed by atoms with Crippen molar-refractivity contribution in [2.45, 2.75) is 37.9 Å². The van der Waals surface area contributed by atoms with E-state index in [0.717, 1.165) is 68.1 Å². The van der Waals surface area contributed by atoms with Crippen LogP contribution >= 0.6 is 0 Å². The quantitative estimate of drug-likeness (QED) is 0.0905. The van der Waals surface area contributed by atoms with E-state index in [4.69, 9.17) is 28.4 Å². The molecule has 0 amide bonds. The lowest BCUT2D eigenvalue weighted by Crippen LogP contribution is -2.03. The summed E-state index contributed by atoms with van der Waals surface area (Å²) in [5.41, 5.74) is 2.19. The summed E-state index contributed by atoms with van der Waals surface area (Å²) < 4.78 is 32.9. The van der Waals surface area contributed by atoms with E-state index in [0.29, 0.717) is 25.6 Å². The van der Waals surface area contributed by atoms with E-state index < -0.39 is 0 Å². The second-order valence-corrected chi connectivity index (χ2v) is 9.29. The first-order valence-electron chi connectivity index (χ1n) is 13.4. The Balaban J connectivity index is 0.960. The minimum atomic E-state index is 0.267. The van der Waals surface area contributed by atoms with Crippen LogP contribution in [-0.2, 0) is 18.9 Å². The zero-order valence-corrected chi connectivity index (χ0v) is 22.0. The van der Waals surface area contributed by atoms with Crippen LogP contribution in [0.1, 0.15) is 36.8 Å². The molecule has 0 saturated carbocycles. The Hall–Kier alpha value is -3.48. The highest BCUT2D eigenvalue weighted by molar-refractivity contribution is 5.53. The van der Waals surface area contributed by atoms with Gasteiger partial charge < -0.3 is 28.4 Å². The number of rotatable bonds is 19. The molecule has 0 aromatic heterocycles. The van der Waals surface area contributed by atoms with Crippen molar-refractivity contribution in [2.24, 2.45) is 0 Å². The molecule has 2 aromatic rings. The third-order valence-electron chi connectivity index (χ3n) is 5.92. The van der Waals surface area contributed by atoms with Gasteiger partial charge in [0, 0.05) is 0 Å². The van der Waals surface area contributed by atoms with E-state index in [-0.39, 0.29) is 12.2 Å². The summed E-state index contributed by atoms with van der Waals surface area (Å²) >= 11 is 0. The van der Waals surface area contributed by atoms with Crippen molar-refractivity contribution in [3.8, 4) is 11.5 Å². The van der Waals surface area contributed by atoms with Gasteiger partial charge in [-0.1, -0.05) is 49.1 Å². The predicted octanol–water partition coefficient (Wildman–Crippen LogP) is 6.59. The van der Waals surface area contributed by atoms with E-state index in [1.54, 1.807) is 6.26 Å². The number of hydrogen-bond acceptors (Lipinski definition) is 6. The van der Waals surface area contributed by atoms with E-state index in [1.165, 1.54) is 0 Å². The van der Waals surface area contributed by atoms with Gasteiger partial charge in [-0.15, -0.1) is 0 Å². The average molecular weight is 519 g/mol. The number of allylic oxidation sites excluding steroid dienone is 3. The van der Waals surface area contributed by atoms with Crippen molar-refractivity contribution >= 4 is 12.2 Å². The average Bonchev–Trinajstić information content (AvgIpc) is 3.87. The van der Waals surface area contributed by atoms with Crippen LogP contribution in [0.25, 0.3) is 12.2 Å². The van der Waals surface area contributed by atoms with Crippen molar-refractivity contribution in [3.63, 3.8) is 0 Å². The van der Waals surface area contributed by atoms with Crippen molar-refractivity contribution < 1.29 is 28.4 Å². The van der Waals surface area contributed by atoms with Crippen LogP contribution in [-0.4, -0.2) is 51.8 Å². The number of unbranched alkanes of at least 4 members (excludes halogenated alkanes) is 3. The van der Waals surface area contributed by atoms with Gasteiger partial charge in [0.25, 0.3) is 0 Å². The van der Waals surface area contributed by atoms with Gasteiger partial charge in [0.2, 0.25) is 0 Å². The molecule has 2 heterocycles. The fourth-order valence-corrected chi connectivity index (χ4v) is 3.47. The fraction of sp³-hybridized carbons (Fsp3) is 0.375. The zero-order chi connectivity index (χ0) is 26.3. The highest BCUT2D eigenvalue weighted by atomic mass is 16.6. The van der Waals surface area contributed by atoms with Gasteiger partial charge in [-0.25, -0.2) is 0 Å². The number of epoxide rings is 2. The molecule has 2 fully saturated rings. The molecule has 0 bridgehead atoms. The lowest BCUT2D eigenvalue weighted by molar-refractivity contribution is 0.212. The topological polar surface area (TPSA) is 62.0 Å². The van der Waals surface area contributed by atoms with Crippen LogP contribution in [0.15, 0.2) is 85.4 Å². The molecule has 0 spiro atoms. The normalized spacial score (nSPS) is 18.2. The molecular formula is C32H38O6. The van der Waals surface area contributed by atoms with Gasteiger partial charge in [0.15, 0.2) is 0 Å². The van der Waals surface area contributed by atoms with Crippen molar-refractivity contribution in [1.29, 1.82) is 0 Å². The smallest absolute Gasteiger partial charge is 0.119 e. The molecule has 6 heteroatoms.